The van der Waals surface area contributed by atoms with E-state index >= 15 is 0 Å². The van der Waals surface area contributed by atoms with Crippen LogP contribution in [-0.2, 0) is 21.0 Å². The summed E-state index contributed by atoms with van der Waals surface area (Å²) in [5.74, 6) is 0.0520. The second-order valence-corrected chi connectivity index (χ2v) is 12.3. The van der Waals surface area contributed by atoms with Gasteiger partial charge in [0.15, 0.2) is 5.82 Å². The number of hydrogen-bond acceptors (Lipinski definition) is 7. The Bertz CT molecular complexity index is 1480. The Morgan fingerprint density at radius 3 is 2.63 bits per heavy atom. The fourth-order valence-electron chi connectivity index (χ4n) is 4.79. The van der Waals surface area contributed by atoms with Crippen LogP contribution in [0.4, 0.5) is 36.1 Å². The molecule has 2 heterocycles. The highest BCUT2D eigenvalue weighted by Crippen LogP contribution is 2.54. The third-order valence-corrected chi connectivity index (χ3v) is 9.06. The number of carbonyl (C=O) groups is 1. The number of nitrogens with zero attached hydrogens (tertiary/aromatic N) is 2. The standard InChI is InChI=1S/C24H23ClF3N5O3S2/c1-14(34)30-21-10-23(21)6-7-33(12-23)20-8-15(24(26,27)28)2-4-19(20)31-18-5-3-16(9-17(18)25)38(35,36)32-22-11-37-13-29-22/h2-5,8-9,11,13,21,31-32H,6-7,10,12H2,1H3,(H,30,34)/t21?,23-/m0/s1. The highest BCUT2D eigenvalue weighted by Gasteiger charge is 2.58. The topological polar surface area (TPSA) is 103 Å². The summed E-state index contributed by atoms with van der Waals surface area (Å²) in [5.41, 5.74) is 1.62. The van der Waals surface area contributed by atoms with Gasteiger partial charge in [-0.3, -0.25) is 9.52 Å². The second-order valence-electron chi connectivity index (χ2n) is 9.47. The number of thiazole rings is 1. The Morgan fingerprint density at radius 2 is 1.97 bits per heavy atom. The maximum Gasteiger partial charge on any atom is 0.416 e. The zero-order valence-electron chi connectivity index (χ0n) is 20.0. The van der Waals surface area contributed by atoms with Crippen LogP contribution in [0, 0.1) is 5.41 Å². The SMILES string of the molecule is CC(=O)NC1C[C@]12CCN(c1cc(C(F)(F)F)ccc1Nc1ccc(S(=O)(=O)Nc3cscn3)cc1Cl)C2. The molecule has 202 valence electrons. The molecule has 2 atom stereocenters. The maximum atomic E-state index is 13.6. The molecule has 1 amide bonds. The van der Waals surface area contributed by atoms with Gasteiger partial charge in [0.05, 0.1) is 38.1 Å². The van der Waals surface area contributed by atoms with Crippen LogP contribution in [0.25, 0.3) is 0 Å². The fraction of sp³-hybridized carbons (Fsp3) is 0.333. The first kappa shape index (κ1) is 26.6. The number of alkyl halides is 3. The molecule has 5 rings (SSSR count). The monoisotopic (exact) mass is 585 g/mol. The molecule has 1 saturated heterocycles. The Hall–Kier alpha value is -3.03. The third-order valence-electron chi connectivity index (χ3n) is 6.81. The van der Waals surface area contributed by atoms with Gasteiger partial charge in [0.1, 0.15) is 0 Å². The van der Waals surface area contributed by atoms with Gasteiger partial charge in [-0.25, -0.2) is 13.4 Å². The molecule has 1 aromatic heterocycles. The number of hydrogen-bond donors (Lipinski definition) is 3. The normalized spacial score (nSPS) is 21.0. The molecule has 2 aromatic carbocycles. The van der Waals surface area contributed by atoms with Crippen LogP contribution < -0.4 is 20.3 Å². The summed E-state index contributed by atoms with van der Waals surface area (Å²) in [6, 6.07) is 7.50. The van der Waals surface area contributed by atoms with Crippen molar-refractivity contribution in [3.8, 4) is 0 Å². The minimum absolute atomic E-state index is 0.00837. The largest absolute Gasteiger partial charge is 0.416 e. The van der Waals surface area contributed by atoms with Crippen molar-refractivity contribution >= 4 is 61.7 Å². The Kier molecular flexibility index (Phi) is 6.72. The molecule has 1 aliphatic carbocycles. The van der Waals surface area contributed by atoms with E-state index < -0.39 is 21.8 Å². The highest BCUT2D eigenvalue weighted by atomic mass is 35.5. The average molecular weight is 586 g/mol. The van der Waals surface area contributed by atoms with Gasteiger partial charge in [0, 0.05) is 36.9 Å². The lowest BCUT2D eigenvalue weighted by Crippen LogP contribution is -2.29. The van der Waals surface area contributed by atoms with Crippen LogP contribution in [0.15, 0.2) is 52.2 Å². The Balaban J connectivity index is 1.41. The zero-order valence-corrected chi connectivity index (χ0v) is 22.4. The molecule has 3 N–H and O–H groups in total. The molecule has 3 aromatic rings. The quantitative estimate of drug-likeness (QED) is 0.340. The molecule has 1 unspecified atom stereocenters. The first-order chi connectivity index (χ1) is 17.9. The van der Waals surface area contributed by atoms with Crippen molar-refractivity contribution in [1.29, 1.82) is 0 Å². The highest BCUT2D eigenvalue weighted by molar-refractivity contribution is 7.92. The molecule has 0 bridgehead atoms. The van der Waals surface area contributed by atoms with E-state index in [9.17, 15) is 26.4 Å². The van der Waals surface area contributed by atoms with Crippen molar-refractivity contribution in [1.82, 2.24) is 10.3 Å². The van der Waals surface area contributed by atoms with Gasteiger partial charge in [0.25, 0.3) is 10.0 Å². The molecule has 2 fully saturated rings. The van der Waals surface area contributed by atoms with Crippen LogP contribution >= 0.6 is 22.9 Å². The van der Waals surface area contributed by atoms with Gasteiger partial charge in [-0.2, -0.15) is 13.2 Å². The van der Waals surface area contributed by atoms with Crippen molar-refractivity contribution < 1.29 is 26.4 Å². The van der Waals surface area contributed by atoms with E-state index in [0.29, 0.717) is 30.2 Å². The van der Waals surface area contributed by atoms with Crippen molar-refractivity contribution in [2.75, 3.05) is 28.0 Å². The Labute approximate surface area is 226 Å². The van der Waals surface area contributed by atoms with Gasteiger partial charge in [-0.15, -0.1) is 11.3 Å². The smallest absolute Gasteiger partial charge is 0.369 e. The van der Waals surface area contributed by atoms with Crippen LogP contribution in [0.2, 0.25) is 5.02 Å². The summed E-state index contributed by atoms with van der Waals surface area (Å²) in [6.07, 6.45) is -3.00. The van der Waals surface area contributed by atoms with Gasteiger partial charge in [-0.05, 0) is 49.2 Å². The molecular formula is C24H23ClF3N5O3S2. The molecule has 1 saturated carbocycles. The van der Waals surface area contributed by atoms with E-state index in [0.717, 1.165) is 25.0 Å². The number of carbonyl (C=O) groups excluding carboxylic acids is 1. The summed E-state index contributed by atoms with van der Waals surface area (Å²) in [6.45, 7) is 2.48. The van der Waals surface area contributed by atoms with E-state index in [2.05, 4.69) is 20.3 Å². The second kappa shape index (κ2) is 9.62. The molecular weight excluding hydrogens is 563 g/mol. The van der Waals surface area contributed by atoms with Crippen molar-refractivity contribution in [2.45, 2.75) is 36.9 Å². The maximum absolute atomic E-state index is 13.6. The summed E-state index contributed by atoms with van der Waals surface area (Å²) in [7, 11) is -3.94. The summed E-state index contributed by atoms with van der Waals surface area (Å²) >= 11 is 7.64. The van der Waals surface area contributed by atoms with E-state index in [1.165, 1.54) is 48.0 Å². The number of amides is 1. The number of halogens is 4. The van der Waals surface area contributed by atoms with E-state index in [4.69, 9.17) is 11.6 Å². The number of rotatable bonds is 7. The lowest BCUT2D eigenvalue weighted by molar-refractivity contribution is -0.137. The molecule has 0 radical (unpaired) electrons. The molecule has 38 heavy (non-hydrogen) atoms. The molecule has 8 nitrogen and oxygen atoms in total. The molecule has 1 spiro atoms. The van der Waals surface area contributed by atoms with Gasteiger partial charge >= 0.3 is 6.18 Å². The fourth-order valence-corrected chi connectivity index (χ4v) is 6.67. The zero-order chi connectivity index (χ0) is 27.3. The lowest BCUT2D eigenvalue weighted by atomic mass is 10.1. The van der Waals surface area contributed by atoms with Crippen molar-refractivity contribution in [3.63, 3.8) is 0 Å². The van der Waals surface area contributed by atoms with Crippen LogP contribution in [0.3, 0.4) is 0 Å². The van der Waals surface area contributed by atoms with Crippen molar-refractivity contribution in [2.24, 2.45) is 5.41 Å². The predicted octanol–water partition coefficient (Wildman–Crippen LogP) is 5.46. The number of anilines is 4. The summed E-state index contributed by atoms with van der Waals surface area (Å²) in [5, 5.41) is 7.61. The first-order valence-corrected chi connectivity index (χ1v) is 14.4. The summed E-state index contributed by atoms with van der Waals surface area (Å²) in [4.78, 5) is 17.2. The van der Waals surface area contributed by atoms with Crippen LogP contribution in [-0.4, -0.2) is 38.4 Å². The van der Waals surface area contributed by atoms with Crippen LogP contribution in [0.5, 0.6) is 0 Å². The van der Waals surface area contributed by atoms with Crippen LogP contribution in [0.1, 0.15) is 25.3 Å². The predicted molar refractivity (Wildman–Crippen MR) is 141 cm³/mol. The average Bonchev–Trinajstić information content (AvgIpc) is 3.17. The van der Waals surface area contributed by atoms with Gasteiger partial charge < -0.3 is 15.5 Å². The van der Waals surface area contributed by atoms with E-state index in [-0.39, 0.29) is 33.1 Å². The number of sulfonamides is 1. The van der Waals surface area contributed by atoms with Gasteiger partial charge in [-0.1, -0.05) is 11.6 Å². The molecule has 1 aliphatic heterocycles. The molecule has 14 heteroatoms. The minimum Gasteiger partial charge on any atom is -0.369 e. The van der Waals surface area contributed by atoms with E-state index in [1.54, 1.807) is 5.38 Å². The van der Waals surface area contributed by atoms with E-state index in [1.807, 2.05) is 4.90 Å². The van der Waals surface area contributed by atoms with Crippen molar-refractivity contribution in [3.05, 3.63) is 57.9 Å². The minimum atomic E-state index is -4.53. The Morgan fingerprint density at radius 1 is 1.21 bits per heavy atom. The summed E-state index contributed by atoms with van der Waals surface area (Å²) < 4.78 is 68.4. The van der Waals surface area contributed by atoms with Gasteiger partial charge in [0.2, 0.25) is 5.91 Å². The third kappa shape index (κ3) is 5.40. The lowest BCUT2D eigenvalue weighted by Gasteiger charge is -2.25. The number of aromatic nitrogens is 1. The number of nitrogens with one attached hydrogen (secondary N) is 3. The molecule has 2 aliphatic rings. The first-order valence-electron chi connectivity index (χ1n) is 11.6. The number of benzene rings is 2.